The normalized spacial score (nSPS) is 12.5. The van der Waals surface area contributed by atoms with Crippen molar-refractivity contribution in [3.63, 3.8) is 0 Å². The number of nitriles is 2. The molecule has 4 heteroatoms. The molecule has 1 heterocycles. The quantitative estimate of drug-likeness (QED) is 0.806. The minimum atomic E-state index is 0.656. The predicted octanol–water partition coefficient (Wildman–Crippen LogP) is 3.91. The first-order valence-electron chi connectivity index (χ1n) is 7.28. The van der Waals surface area contributed by atoms with Gasteiger partial charge in [-0.2, -0.15) is 10.5 Å². The van der Waals surface area contributed by atoms with E-state index in [-0.39, 0.29) is 0 Å². The third kappa shape index (κ3) is 2.58. The molecule has 0 fully saturated rings. The van der Waals surface area contributed by atoms with Crippen molar-refractivity contribution in [2.24, 2.45) is 0 Å². The van der Waals surface area contributed by atoms with Gasteiger partial charge in [-0.25, -0.2) is 4.98 Å². The van der Waals surface area contributed by atoms with Crippen LogP contribution in [0.5, 0.6) is 0 Å². The Balaban J connectivity index is 1.92. The van der Waals surface area contributed by atoms with Crippen LogP contribution in [0.4, 0.5) is 0 Å². The molecule has 0 saturated heterocycles. The van der Waals surface area contributed by atoms with Gasteiger partial charge in [-0.05, 0) is 48.9 Å². The molecule has 3 rings (SSSR count). The van der Waals surface area contributed by atoms with Gasteiger partial charge in [-0.3, -0.25) is 0 Å². The Morgan fingerprint density at radius 1 is 1.18 bits per heavy atom. The second-order valence-electron chi connectivity index (χ2n) is 5.37. The van der Waals surface area contributed by atoms with E-state index in [1.165, 1.54) is 5.56 Å². The zero-order valence-corrected chi connectivity index (χ0v) is 13.2. The van der Waals surface area contributed by atoms with Gasteiger partial charge >= 0.3 is 0 Å². The lowest BCUT2D eigenvalue weighted by molar-refractivity contribution is 0.891. The lowest BCUT2D eigenvalue weighted by Crippen LogP contribution is -2.00. The molecule has 0 atom stereocenters. The van der Waals surface area contributed by atoms with Crippen LogP contribution >= 0.6 is 11.8 Å². The van der Waals surface area contributed by atoms with Crippen LogP contribution in [-0.4, -0.2) is 4.98 Å². The van der Waals surface area contributed by atoms with Crippen LogP contribution < -0.4 is 0 Å². The van der Waals surface area contributed by atoms with Crippen molar-refractivity contribution < 1.29 is 0 Å². The number of thioether (sulfide) groups is 1. The summed E-state index contributed by atoms with van der Waals surface area (Å²) in [5.41, 5.74) is 5.86. The Hall–Kier alpha value is -2.30. The molecule has 2 aromatic rings. The highest BCUT2D eigenvalue weighted by atomic mass is 32.2. The van der Waals surface area contributed by atoms with Crippen molar-refractivity contribution in [3.8, 4) is 12.1 Å². The minimum Gasteiger partial charge on any atom is -0.245 e. The first-order chi connectivity index (χ1) is 10.7. The molecule has 0 radical (unpaired) electrons. The third-order valence-corrected chi connectivity index (χ3v) is 5.10. The number of pyridine rings is 1. The summed E-state index contributed by atoms with van der Waals surface area (Å²) >= 11 is 1.55. The van der Waals surface area contributed by atoms with Gasteiger partial charge in [0, 0.05) is 11.4 Å². The molecule has 108 valence electrons. The molecule has 0 unspecified atom stereocenters. The maximum atomic E-state index is 9.47. The maximum absolute atomic E-state index is 9.47. The van der Waals surface area contributed by atoms with Crippen LogP contribution in [0.15, 0.2) is 29.3 Å². The summed E-state index contributed by atoms with van der Waals surface area (Å²) in [4.78, 5) is 4.71. The fourth-order valence-electron chi connectivity index (χ4n) is 2.88. The second-order valence-corrected chi connectivity index (χ2v) is 6.33. The standard InChI is InChI=1S/C18H15N3S/c1-12-15-7-4-8-17(15)21-18(16(12)10-20)22-11-14-6-3-2-5-13(14)9-19/h2-3,5-6H,4,7-8,11H2,1H3. The summed E-state index contributed by atoms with van der Waals surface area (Å²) in [6.07, 6.45) is 3.16. The largest absolute Gasteiger partial charge is 0.245 e. The van der Waals surface area contributed by atoms with Crippen molar-refractivity contribution >= 4 is 11.8 Å². The summed E-state index contributed by atoms with van der Waals surface area (Å²) in [6, 6.07) is 12.1. The van der Waals surface area contributed by atoms with Crippen LogP contribution in [-0.2, 0) is 18.6 Å². The molecule has 1 aromatic carbocycles. The van der Waals surface area contributed by atoms with Crippen molar-refractivity contribution in [1.82, 2.24) is 4.98 Å². The van der Waals surface area contributed by atoms with E-state index >= 15 is 0 Å². The highest BCUT2D eigenvalue weighted by Crippen LogP contribution is 2.33. The number of fused-ring (bicyclic) bond motifs is 1. The molecule has 22 heavy (non-hydrogen) atoms. The van der Waals surface area contributed by atoms with Gasteiger partial charge in [0.15, 0.2) is 0 Å². The van der Waals surface area contributed by atoms with Crippen LogP contribution in [0.3, 0.4) is 0 Å². The number of benzene rings is 1. The van der Waals surface area contributed by atoms with Crippen molar-refractivity contribution in [2.75, 3.05) is 0 Å². The Labute approximate surface area is 134 Å². The van der Waals surface area contributed by atoms with Gasteiger partial charge in [0.2, 0.25) is 0 Å². The summed E-state index contributed by atoms with van der Waals surface area (Å²) < 4.78 is 0. The first kappa shape index (κ1) is 14.6. The van der Waals surface area contributed by atoms with Gasteiger partial charge in [0.25, 0.3) is 0 Å². The molecule has 1 aliphatic rings. The summed E-state index contributed by atoms with van der Waals surface area (Å²) in [5, 5.41) is 19.4. The molecule has 1 aromatic heterocycles. The van der Waals surface area contributed by atoms with E-state index < -0.39 is 0 Å². The highest BCUT2D eigenvalue weighted by molar-refractivity contribution is 7.98. The summed E-state index contributed by atoms with van der Waals surface area (Å²) in [5.74, 6) is 0.656. The molecule has 0 saturated carbocycles. The van der Waals surface area contributed by atoms with E-state index in [0.717, 1.165) is 41.1 Å². The monoisotopic (exact) mass is 305 g/mol. The van der Waals surface area contributed by atoms with Crippen LogP contribution in [0, 0.1) is 29.6 Å². The maximum Gasteiger partial charge on any atom is 0.115 e. The van der Waals surface area contributed by atoms with Gasteiger partial charge in [-0.1, -0.05) is 18.2 Å². The van der Waals surface area contributed by atoms with E-state index in [2.05, 4.69) is 12.1 Å². The molecule has 1 aliphatic carbocycles. The zero-order valence-electron chi connectivity index (χ0n) is 12.4. The van der Waals surface area contributed by atoms with E-state index in [9.17, 15) is 5.26 Å². The van der Waals surface area contributed by atoms with E-state index in [4.69, 9.17) is 10.2 Å². The number of hydrogen-bond donors (Lipinski definition) is 0. The molecule has 0 N–H and O–H groups in total. The third-order valence-electron chi connectivity index (χ3n) is 4.08. The Kier molecular flexibility index (Phi) is 4.13. The van der Waals surface area contributed by atoms with E-state index in [1.54, 1.807) is 11.8 Å². The molecule has 3 nitrogen and oxygen atoms in total. The molecular formula is C18H15N3S. The van der Waals surface area contributed by atoms with Gasteiger partial charge < -0.3 is 0 Å². The number of nitrogens with zero attached hydrogens (tertiary/aromatic N) is 3. The van der Waals surface area contributed by atoms with E-state index in [0.29, 0.717) is 16.9 Å². The number of hydrogen-bond acceptors (Lipinski definition) is 4. The lowest BCUT2D eigenvalue weighted by Gasteiger charge is -2.11. The zero-order chi connectivity index (χ0) is 15.5. The fraction of sp³-hybridized carbons (Fsp3) is 0.278. The number of aromatic nitrogens is 1. The first-order valence-corrected chi connectivity index (χ1v) is 8.26. The van der Waals surface area contributed by atoms with Gasteiger partial charge in [-0.15, -0.1) is 11.8 Å². The summed E-state index contributed by atoms with van der Waals surface area (Å²) in [7, 11) is 0. The predicted molar refractivity (Wildman–Crippen MR) is 86.4 cm³/mol. The molecular weight excluding hydrogens is 290 g/mol. The molecule has 0 aliphatic heterocycles. The SMILES string of the molecule is Cc1c(C#N)c(SCc2ccccc2C#N)nc2c1CCC2. The Morgan fingerprint density at radius 3 is 2.77 bits per heavy atom. The Bertz CT molecular complexity index is 812. The van der Waals surface area contributed by atoms with Crippen LogP contribution in [0.25, 0.3) is 0 Å². The van der Waals surface area contributed by atoms with Crippen LogP contribution in [0.2, 0.25) is 0 Å². The number of rotatable bonds is 3. The molecule has 0 amide bonds. The molecule has 0 spiro atoms. The Morgan fingerprint density at radius 2 is 2.00 bits per heavy atom. The molecule has 0 bridgehead atoms. The van der Waals surface area contributed by atoms with Gasteiger partial charge in [0.1, 0.15) is 11.1 Å². The highest BCUT2D eigenvalue weighted by Gasteiger charge is 2.20. The lowest BCUT2D eigenvalue weighted by atomic mass is 10.0. The average Bonchev–Trinajstić information content (AvgIpc) is 3.02. The topological polar surface area (TPSA) is 60.5 Å². The van der Waals surface area contributed by atoms with E-state index in [1.807, 2.05) is 31.2 Å². The van der Waals surface area contributed by atoms with Gasteiger partial charge in [0.05, 0.1) is 17.2 Å². The van der Waals surface area contributed by atoms with Crippen molar-refractivity contribution in [3.05, 3.63) is 57.8 Å². The minimum absolute atomic E-state index is 0.656. The van der Waals surface area contributed by atoms with Crippen molar-refractivity contribution in [2.45, 2.75) is 37.0 Å². The smallest absolute Gasteiger partial charge is 0.115 e. The number of aryl methyl sites for hydroxylation is 1. The van der Waals surface area contributed by atoms with Crippen LogP contribution in [0.1, 0.15) is 39.9 Å². The summed E-state index contributed by atoms with van der Waals surface area (Å²) in [6.45, 7) is 2.03. The fourth-order valence-corrected chi connectivity index (χ4v) is 3.94. The average molecular weight is 305 g/mol. The van der Waals surface area contributed by atoms with Crippen molar-refractivity contribution in [1.29, 1.82) is 10.5 Å². The second kappa shape index (κ2) is 6.22.